The zero-order chi connectivity index (χ0) is 14.4. The zero-order valence-corrected chi connectivity index (χ0v) is 13.3. The number of nitrogens with one attached hydrogen (secondary N) is 1. The molecule has 1 atom stereocenters. The highest BCUT2D eigenvalue weighted by Crippen LogP contribution is 2.27. The molecule has 0 amide bonds. The Morgan fingerprint density at radius 1 is 1.50 bits per heavy atom. The van der Waals surface area contributed by atoms with E-state index in [1.165, 1.54) is 37.0 Å². The van der Waals surface area contributed by atoms with Crippen LogP contribution in [-0.2, 0) is 9.53 Å². The molecule has 0 aromatic carbocycles. The predicted molar refractivity (Wildman–Crippen MR) is 81.1 cm³/mol. The molecule has 112 valence electrons. The Labute approximate surface area is 128 Å². The molecule has 0 radical (unpaired) electrons. The molecule has 6 heteroatoms. The number of hydrogen-bond acceptors (Lipinski definition) is 5. The average Bonchev–Trinajstić information content (AvgIpc) is 2.70. The first-order valence-electron chi connectivity index (χ1n) is 7.24. The molecule has 1 aliphatic rings. The third-order valence-corrected chi connectivity index (χ3v) is 4.70. The summed E-state index contributed by atoms with van der Waals surface area (Å²) in [7, 11) is 0. The first kappa shape index (κ1) is 15.7. The van der Waals surface area contributed by atoms with Gasteiger partial charge in [-0.2, -0.15) is 0 Å². The number of carbonyl (C=O) groups is 1. The first-order chi connectivity index (χ1) is 9.70. The van der Waals surface area contributed by atoms with Gasteiger partial charge in [-0.3, -0.25) is 5.32 Å². The molecule has 1 aliphatic carbocycles. The van der Waals surface area contributed by atoms with Crippen LogP contribution < -0.4 is 5.32 Å². The third kappa shape index (κ3) is 4.43. The molecular formula is C14H21ClN2O2S. The first-order valence-corrected chi connectivity index (χ1v) is 8.44. The van der Waals surface area contributed by atoms with E-state index in [-0.39, 0.29) is 5.97 Å². The number of hydrogen-bond donors (Lipinski definition) is 1. The van der Waals surface area contributed by atoms with E-state index in [1.54, 1.807) is 6.20 Å². The van der Waals surface area contributed by atoms with Gasteiger partial charge in [0.1, 0.15) is 9.34 Å². The minimum Gasteiger partial charge on any atom is -0.465 e. The fourth-order valence-electron chi connectivity index (χ4n) is 2.55. The maximum absolute atomic E-state index is 12.2. The van der Waals surface area contributed by atoms with Crippen molar-refractivity contribution in [3.63, 3.8) is 0 Å². The summed E-state index contributed by atoms with van der Waals surface area (Å²) in [5.41, 5.74) is 0. The van der Waals surface area contributed by atoms with Crippen molar-refractivity contribution in [2.75, 3.05) is 6.61 Å². The summed E-state index contributed by atoms with van der Waals surface area (Å²) < 4.78 is 5.76. The highest BCUT2D eigenvalue weighted by Gasteiger charge is 2.28. The Morgan fingerprint density at radius 2 is 2.20 bits per heavy atom. The number of rotatable bonds is 5. The van der Waals surface area contributed by atoms with E-state index in [0.717, 1.165) is 12.8 Å². The van der Waals surface area contributed by atoms with Gasteiger partial charge in [0, 0.05) is 6.04 Å². The van der Waals surface area contributed by atoms with Crippen LogP contribution in [-0.4, -0.2) is 23.6 Å². The van der Waals surface area contributed by atoms with Crippen molar-refractivity contribution < 1.29 is 9.53 Å². The zero-order valence-electron chi connectivity index (χ0n) is 11.7. The fourth-order valence-corrected chi connectivity index (χ4v) is 3.53. The van der Waals surface area contributed by atoms with Gasteiger partial charge in [-0.15, -0.1) is 11.3 Å². The molecule has 2 rings (SSSR count). The van der Waals surface area contributed by atoms with Crippen LogP contribution in [0.4, 0.5) is 0 Å². The van der Waals surface area contributed by atoms with Crippen molar-refractivity contribution in [1.82, 2.24) is 10.3 Å². The molecule has 4 nitrogen and oxygen atoms in total. The molecule has 20 heavy (non-hydrogen) atoms. The summed E-state index contributed by atoms with van der Waals surface area (Å²) in [4.78, 5) is 16.4. The summed E-state index contributed by atoms with van der Waals surface area (Å²) in [6, 6.07) is -0.134. The van der Waals surface area contributed by atoms with Crippen molar-refractivity contribution >= 4 is 28.9 Å². The van der Waals surface area contributed by atoms with Crippen LogP contribution in [0.15, 0.2) is 6.20 Å². The van der Waals surface area contributed by atoms with E-state index >= 15 is 0 Å². The predicted octanol–water partition coefficient (Wildman–Crippen LogP) is 3.71. The van der Waals surface area contributed by atoms with Crippen LogP contribution in [0.3, 0.4) is 0 Å². The van der Waals surface area contributed by atoms with E-state index in [4.69, 9.17) is 16.3 Å². The summed E-state index contributed by atoms with van der Waals surface area (Å²) in [5.74, 6) is -0.261. The van der Waals surface area contributed by atoms with Gasteiger partial charge in [0.25, 0.3) is 0 Å². The molecule has 1 unspecified atom stereocenters. The van der Waals surface area contributed by atoms with E-state index in [9.17, 15) is 4.79 Å². The smallest absolute Gasteiger partial charge is 0.330 e. The molecule has 0 bridgehead atoms. The van der Waals surface area contributed by atoms with Gasteiger partial charge in [0.05, 0.1) is 12.8 Å². The molecule has 1 aromatic heterocycles. The maximum Gasteiger partial charge on any atom is 0.330 e. The third-order valence-electron chi connectivity index (χ3n) is 3.52. The van der Waals surface area contributed by atoms with Gasteiger partial charge in [-0.1, -0.05) is 37.3 Å². The van der Waals surface area contributed by atoms with Crippen molar-refractivity contribution in [2.24, 2.45) is 0 Å². The Hall–Kier alpha value is -0.650. The number of nitrogens with zero attached hydrogens (tertiary/aromatic N) is 1. The molecule has 1 N–H and O–H groups in total. The van der Waals surface area contributed by atoms with Crippen LogP contribution in [0.1, 0.15) is 56.5 Å². The molecule has 1 fully saturated rings. The number of esters is 1. The Kier molecular flexibility index (Phi) is 6.26. The van der Waals surface area contributed by atoms with Crippen molar-refractivity contribution in [3.05, 3.63) is 15.5 Å². The van der Waals surface area contributed by atoms with Crippen LogP contribution >= 0.6 is 22.9 Å². The molecule has 1 aromatic rings. The second kappa shape index (κ2) is 7.96. The number of halogens is 1. The van der Waals surface area contributed by atoms with Gasteiger partial charge in [-0.05, 0) is 19.8 Å². The van der Waals surface area contributed by atoms with E-state index in [2.05, 4.69) is 10.3 Å². The number of carbonyl (C=O) groups excluding carboxylic acids is 1. The molecule has 0 saturated heterocycles. The van der Waals surface area contributed by atoms with Crippen molar-refractivity contribution in [1.29, 1.82) is 0 Å². The van der Waals surface area contributed by atoms with Crippen LogP contribution in [0, 0.1) is 0 Å². The van der Waals surface area contributed by atoms with E-state index in [0.29, 0.717) is 22.0 Å². The highest BCUT2D eigenvalue weighted by molar-refractivity contribution is 7.16. The number of thiazole rings is 1. The minimum atomic E-state index is -0.490. The Morgan fingerprint density at radius 3 is 2.75 bits per heavy atom. The maximum atomic E-state index is 12.2. The largest absolute Gasteiger partial charge is 0.465 e. The highest BCUT2D eigenvalue weighted by atomic mass is 35.5. The second-order valence-electron chi connectivity index (χ2n) is 5.04. The minimum absolute atomic E-state index is 0.261. The summed E-state index contributed by atoms with van der Waals surface area (Å²) >= 11 is 7.27. The SMILES string of the molecule is CCOC(=O)C(NC1CCCCCC1)c1ncc(Cl)s1. The lowest BCUT2D eigenvalue weighted by molar-refractivity contribution is -0.146. The van der Waals surface area contributed by atoms with Crippen molar-refractivity contribution in [2.45, 2.75) is 57.5 Å². The lowest BCUT2D eigenvalue weighted by Crippen LogP contribution is -2.37. The average molecular weight is 317 g/mol. The quantitative estimate of drug-likeness (QED) is 0.664. The Balaban J connectivity index is 2.07. The van der Waals surface area contributed by atoms with Gasteiger partial charge < -0.3 is 4.74 Å². The van der Waals surface area contributed by atoms with E-state index < -0.39 is 6.04 Å². The normalized spacial score (nSPS) is 18.5. The lowest BCUT2D eigenvalue weighted by Gasteiger charge is -2.22. The van der Waals surface area contributed by atoms with Crippen LogP contribution in [0.25, 0.3) is 0 Å². The topological polar surface area (TPSA) is 51.2 Å². The van der Waals surface area contributed by atoms with Gasteiger partial charge in [0.15, 0.2) is 6.04 Å². The Bertz CT molecular complexity index is 431. The standard InChI is InChI=1S/C14H21ClN2O2S/c1-2-19-14(18)12(13-16-9-11(15)20-13)17-10-7-5-3-4-6-8-10/h9-10,12,17H,2-8H2,1H3. The molecule has 1 saturated carbocycles. The lowest BCUT2D eigenvalue weighted by atomic mass is 10.1. The molecule has 0 aliphatic heterocycles. The van der Waals surface area contributed by atoms with Crippen LogP contribution in [0.5, 0.6) is 0 Å². The monoisotopic (exact) mass is 316 g/mol. The summed E-state index contributed by atoms with van der Waals surface area (Å²) in [6.45, 7) is 2.19. The van der Waals surface area contributed by atoms with Crippen molar-refractivity contribution in [3.8, 4) is 0 Å². The number of aromatic nitrogens is 1. The van der Waals surface area contributed by atoms with Gasteiger partial charge in [0.2, 0.25) is 0 Å². The summed E-state index contributed by atoms with van der Waals surface area (Å²) in [6.07, 6.45) is 8.79. The van der Waals surface area contributed by atoms with Gasteiger partial charge >= 0.3 is 5.97 Å². The second-order valence-corrected chi connectivity index (χ2v) is 6.74. The molecule has 0 spiro atoms. The fraction of sp³-hybridized carbons (Fsp3) is 0.714. The van der Waals surface area contributed by atoms with E-state index in [1.807, 2.05) is 6.92 Å². The van der Waals surface area contributed by atoms with Crippen LogP contribution in [0.2, 0.25) is 4.34 Å². The van der Waals surface area contributed by atoms with Gasteiger partial charge in [-0.25, -0.2) is 9.78 Å². The number of ether oxygens (including phenoxy) is 1. The molecule has 1 heterocycles. The molecular weight excluding hydrogens is 296 g/mol. The summed E-state index contributed by atoms with van der Waals surface area (Å²) in [5, 5.41) is 4.12.